The average molecular weight is 704 g/mol. The lowest BCUT2D eigenvalue weighted by Crippen LogP contribution is -2.10. The Balaban J connectivity index is 1.07. The Bertz CT molecular complexity index is 3200. The highest BCUT2D eigenvalue weighted by Gasteiger charge is 2.19. The molecule has 0 aliphatic heterocycles. The van der Waals surface area contributed by atoms with Crippen LogP contribution in [-0.4, -0.2) is 0 Å². The highest BCUT2D eigenvalue weighted by Crippen LogP contribution is 2.46. The van der Waals surface area contributed by atoms with Crippen LogP contribution in [0.1, 0.15) is 0 Å². The molecule has 0 atom stereocenters. The van der Waals surface area contributed by atoms with Crippen LogP contribution in [0.4, 0.5) is 17.1 Å². The van der Waals surface area contributed by atoms with Crippen LogP contribution in [0.15, 0.2) is 200 Å². The van der Waals surface area contributed by atoms with E-state index < -0.39 is 0 Å². The van der Waals surface area contributed by atoms with Crippen LogP contribution in [0.3, 0.4) is 0 Å². The van der Waals surface area contributed by atoms with Gasteiger partial charge in [0.05, 0.1) is 10.4 Å². The lowest BCUT2D eigenvalue weighted by molar-refractivity contribution is 1.30. The summed E-state index contributed by atoms with van der Waals surface area (Å²) in [5.74, 6) is 0. The van der Waals surface area contributed by atoms with Crippen LogP contribution in [0.2, 0.25) is 0 Å². The highest BCUT2D eigenvalue weighted by molar-refractivity contribution is 7.26. The SMILES string of the molecule is c1ccc2c(-c3ccc(N(c4ccc(-c5cc6ccc7ccccc7c6c6ccccc56)cc4)c4cccc5c4sc4ccccc45)cc3)cccc2c1. The van der Waals surface area contributed by atoms with Crippen molar-refractivity contribution in [2.45, 2.75) is 0 Å². The molecule has 0 N–H and O–H groups in total. The summed E-state index contributed by atoms with van der Waals surface area (Å²) in [6, 6.07) is 73.5. The molecule has 252 valence electrons. The molecule has 0 aliphatic carbocycles. The topological polar surface area (TPSA) is 3.24 Å². The maximum atomic E-state index is 2.43. The van der Waals surface area contributed by atoms with Crippen LogP contribution in [0, 0.1) is 0 Å². The van der Waals surface area contributed by atoms with Gasteiger partial charge in [-0.1, -0.05) is 158 Å². The molecule has 0 amide bonds. The summed E-state index contributed by atoms with van der Waals surface area (Å²) < 4.78 is 2.59. The molecule has 2 heteroatoms. The van der Waals surface area contributed by atoms with Crippen molar-refractivity contribution < 1.29 is 0 Å². The van der Waals surface area contributed by atoms with E-state index in [0.29, 0.717) is 0 Å². The third-order valence-corrected chi connectivity index (χ3v) is 12.2. The molecule has 11 rings (SSSR count). The summed E-state index contributed by atoms with van der Waals surface area (Å²) in [4.78, 5) is 2.43. The highest BCUT2D eigenvalue weighted by atomic mass is 32.1. The molecule has 1 aromatic heterocycles. The Morgan fingerprint density at radius 1 is 0.333 bits per heavy atom. The first-order valence-electron chi connectivity index (χ1n) is 18.5. The number of hydrogen-bond donors (Lipinski definition) is 0. The van der Waals surface area contributed by atoms with Gasteiger partial charge in [0.15, 0.2) is 0 Å². The van der Waals surface area contributed by atoms with Gasteiger partial charge in [-0.2, -0.15) is 0 Å². The van der Waals surface area contributed by atoms with E-state index in [4.69, 9.17) is 0 Å². The fourth-order valence-corrected chi connectivity index (χ4v) is 9.72. The van der Waals surface area contributed by atoms with Gasteiger partial charge in [0.1, 0.15) is 0 Å². The number of hydrogen-bond acceptors (Lipinski definition) is 2. The number of fused-ring (bicyclic) bond motifs is 9. The number of thiophene rings is 1. The van der Waals surface area contributed by atoms with Gasteiger partial charge in [0, 0.05) is 26.8 Å². The largest absolute Gasteiger partial charge is 0.309 e. The monoisotopic (exact) mass is 703 g/mol. The molecule has 0 bridgehead atoms. The molecule has 0 spiro atoms. The van der Waals surface area contributed by atoms with Crippen molar-refractivity contribution in [3.63, 3.8) is 0 Å². The average Bonchev–Trinajstić information content (AvgIpc) is 3.63. The van der Waals surface area contributed by atoms with Crippen molar-refractivity contribution in [2.24, 2.45) is 0 Å². The van der Waals surface area contributed by atoms with Gasteiger partial charge in [-0.05, 0) is 108 Å². The second kappa shape index (κ2) is 12.4. The van der Waals surface area contributed by atoms with Crippen LogP contribution in [0.25, 0.3) is 85.5 Å². The lowest BCUT2D eigenvalue weighted by Gasteiger charge is -2.26. The van der Waals surface area contributed by atoms with E-state index in [2.05, 4.69) is 205 Å². The van der Waals surface area contributed by atoms with E-state index in [1.807, 2.05) is 11.3 Å². The van der Waals surface area contributed by atoms with Crippen molar-refractivity contribution >= 4 is 91.7 Å². The fourth-order valence-electron chi connectivity index (χ4n) is 8.51. The molecule has 10 aromatic carbocycles. The molecule has 0 fully saturated rings. The predicted octanol–water partition coefficient (Wildman–Crippen LogP) is 15.5. The summed E-state index contributed by atoms with van der Waals surface area (Å²) >= 11 is 1.87. The molecular formula is C52H33NS. The van der Waals surface area contributed by atoms with Crippen LogP contribution < -0.4 is 4.90 Å². The lowest BCUT2D eigenvalue weighted by atomic mass is 9.90. The molecule has 11 aromatic rings. The molecule has 0 saturated heterocycles. The zero-order valence-corrected chi connectivity index (χ0v) is 30.2. The maximum Gasteiger partial charge on any atom is 0.0640 e. The third kappa shape index (κ3) is 4.92. The Hall–Kier alpha value is -6.74. The van der Waals surface area contributed by atoms with Gasteiger partial charge >= 0.3 is 0 Å². The summed E-state index contributed by atoms with van der Waals surface area (Å²) in [5.41, 5.74) is 8.34. The minimum atomic E-state index is 1.12. The van der Waals surface area contributed by atoms with E-state index in [0.717, 1.165) is 11.4 Å². The molecule has 0 saturated carbocycles. The van der Waals surface area contributed by atoms with E-state index >= 15 is 0 Å². The number of benzene rings is 10. The van der Waals surface area contributed by atoms with Crippen molar-refractivity contribution in [3.8, 4) is 22.3 Å². The van der Waals surface area contributed by atoms with Crippen molar-refractivity contribution in [2.75, 3.05) is 4.90 Å². The van der Waals surface area contributed by atoms with Crippen molar-refractivity contribution in [3.05, 3.63) is 200 Å². The molecule has 1 heterocycles. The Morgan fingerprint density at radius 2 is 0.870 bits per heavy atom. The summed E-state index contributed by atoms with van der Waals surface area (Å²) in [6.07, 6.45) is 0. The van der Waals surface area contributed by atoms with E-state index in [-0.39, 0.29) is 0 Å². The second-order valence-electron chi connectivity index (χ2n) is 14.1. The smallest absolute Gasteiger partial charge is 0.0640 e. The van der Waals surface area contributed by atoms with Gasteiger partial charge in [-0.15, -0.1) is 11.3 Å². The Kier molecular flexibility index (Phi) is 7.11. The van der Waals surface area contributed by atoms with Gasteiger partial charge in [-0.3, -0.25) is 0 Å². The zero-order chi connectivity index (χ0) is 35.6. The van der Waals surface area contributed by atoms with E-state index in [9.17, 15) is 0 Å². The van der Waals surface area contributed by atoms with E-state index in [1.54, 1.807) is 0 Å². The van der Waals surface area contributed by atoms with Gasteiger partial charge in [0.2, 0.25) is 0 Å². The molecule has 0 unspecified atom stereocenters. The van der Waals surface area contributed by atoms with Crippen LogP contribution >= 0.6 is 11.3 Å². The fraction of sp³-hybridized carbons (Fsp3) is 0. The number of anilines is 3. The molecule has 54 heavy (non-hydrogen) atoms. The van der Waals surface area contributed by atoms with Crippen LogP contribution in [0.5, 0.6) is 0 Å². The number of nitrogens with zero attached hydrogens (tertiary/aromatic N) is 1. The minimum Gasteiger partial charge on any atom is -0.309 e. The molecular weight excluding hydrogens is 671 g/mol. The number of rotatable bonds is 5. The van der Waals surface area contributed by atoms with Gasteiger partial charge in [-0.25, -0.2) is 0 Å². The van der Waals surface area contributed by atoms with Crippen molar-refractivity contribution in [1.82, 2.24) is 0 Å². The quantitative estimate of drug-likeness (QED) is 0.161. The zero-order valence-electron chi connectivity index (χ0n) is 29.4. The standard InChI is InChI=1S/C52H33NS/c1-3-14-41-34(11-1)13-9-19-42(41)36-25-29-39(30-26-36)53(49-21-10-20-47-45-17-7-8-22-50(45)54-52(47)49)40-31-27-37(28-32-40)48-33-38-24-23-35-12-2-4-15-43(35)51(38)46-18-6-5-16-44(46)48/h1-33H. The van der Waals surface area contributed by atoms with Crippen molar-refractivity contribution in [1.29, 1.82) is 0 Å². The molecule has 0 aliphatic rings. The first kappa shape index (κ1) is 30.8. The first-order chi connectivity index (χ1) is 26.8. The Labute approximate surface area is 317 Å². The summed E-state index contributed by atoms with van der Waals surface area (Å²) in [5, 5.41) is 12.8. The summed E-state index contributed by atoms with van der Waals surface area (Å²) in [7, 11) is 0. The third-order valence-electron chi connectivity index (χ3n) is 11.0. The first-order valence-corrected chi connectivity index (χ1v) is 19.3. The predicted molar refractivity (Wildman–Crippen MR) is 235 cm³/mol. The maximum absolute atomic E-state index is 2.43. The molecule has 1 nitrogen and oxygen atoms in total. The second-order valence-corrected chi connectivity index (χ2v) is 15.1. The molecule has 0 radical (unpaired) electrons. The minimum absolute atomic E-state index is 1.12. The summed E-state index contributed by atoms with van der Waals surface area (Å²) in [6.45, 7) is 0. The van der Waals surface area contributed by atoms with E-state index in [1.165, 1.54) is 91.2 Å². The normalized spacial score (nSPS) is 11.7. The van der Waals surface area contributed by atoms with Gasteiger partial charge < -0.3 is 4.90 Å². The van der Waals surface area contributed by atoms with Crippen LogP contribution in [-0.2, 0) is 0 Å². The van der Waals surface area contributed by atoms with Gasteiger partial charge in [0.25, 0.3) is 0 Å². The Morgan fingerprint density at radius 3 is 1.63 bits per heavy atom.